The first-order chi connectivity index (χ1) is 14.3. The molecule has 6 heteroatoms. The summed E-state index contributed by atoms with van der Waals surface area (Å²) in [5.74, 6) is 2.54. The Labute approximate surface area is 170 Å². The number of hydrogen-bond acceptors (Lipinski definition) is 5. The van der Waals surface area contributed by atoms with Crippen molar-refractivity contribution in [2.75, 3.05) is 13.3 Å². The van der Waals surface area contributed by atoms with Crippen LogP contribution in [0.3, 0.4) is 0 Å². The van der Waals surface area contributed by atoms with Gasteiger partial charge in [-0.05, 0) is 61.0 Å². The Kier molecular flexibility index (Phi) is 4.82. The highest BCUT2D eigenvalue weighted by atomic mass is 16.7. The summed E-state index contributed by atoms with van der Waals surface area (Å²) >= 11 is 0. The Morgan fingerprint density at radius 2 is 1.97 bits per heavy atom. The van der Waals surface area contributed by atoms with E-state index < -0.39 is 0 Å². The summed E-state index contributed by atoms with van der Waals surface area (Å²) in [6.07, 6.45) is 12.0. The van der Waals surface area contributed by atoms with Crippen LogP contribution in [0.2, 0.25) is 0 Å². The molecule has 1 aromatic heterocycles. The minimum absolute atomic E-state index is 0.137. The van der Waals surface area contributed by atoms with Gasteiger partial charge in [-0.2, -0.15) is 0 Å². The second kappa shape index (κ2) is 7.91. The van der Waals surface area contributed by atoms with Crippen LogP contribution in [0.5, 0.6) is 17.2 Å². The topological polar surface area (TPSA) is 48.8 Å². The van der Waals surface area contributed by atoms with Gasteiger partial charge < -0.3 is 23.7 Å². The van der Waals surface area contributed by atoms with Gasteiger partial charge in [0, 0.05) is 24.6 Å². The molecule has 3 heterocycles. The van der Waals surface area contributed by atoms with E-state index in [1.54, 1.807) is 12.5 Å². The van der Waals surface area contributed by atoms with Crippen molar-refractivity contribution in [3.63, 3.8) is 0 Å². The maximum atomic E-state index is 6.30. The molecule has 29 heavy (non-hydrogen) atoms. The predicted molar refractivity (Wildman–Crippen MR) is 109 cm³/mol. The molecule has 0 amide bonds. The normalized spacial score (nSPS) is 17.9. The molecule has 0 saturated heterocycles. The number of rotatable bonds is 5. The van der Waals surface area contributed by atoms with Crippen LogP contribution in [0.4, 0.5) is 0 Å². The van der Waals surface area contributed by atoms with Crippen molar-refractivity contribution in [1.29, 1.82) is 0 Å². The fourth-order valence-electron chi connectivity index (χ4n) is 3.71. The highest BCUT2D eigenvalue weighted by Gasteiger charge is 2.18. The van der Waals surface area contributed by atoms with E-state index in [1.165, 1.54) is 5.56 Å². The summed E-state index contributed by atoms with van der Waals surface area (Å²) in [6, 6.07) is 14.3. The highest BCUT2D eigenvalue weighted by Crippen LogP contribution is 2.33. The van der Waals surface area contributed by atoms with Gasteiger partial charge in [0.05, 0.1) is 12.9 Å². The van der Waals surface area contributed by atoms with Crippen molar-refractivity contribution >= 4 is 0 Å². The van der Waals surface area contributed by atoms with Gasteiger partial charge in [-0.3, -0.25) is 0 Å². The van der Waals surface area contributed by atoms with Gasteiger partial charge in [0.2, 0.25) is 6.79 Å². The molecule has 1 atom stereocenters. The van der Waals surface area contributed by atoms with E-state index in [0.29, 0.717) is 6.79 Å². The van der Waals surface area contributed by atoms with Crippen molar-refractivity contribution in [3.8, 4) is 22.9 Å². The van der Waals surface area contributed by atoms with Crippen molar-refractivity contribution in [1.82, 2.24) is 14.5 Å². The molecule has 5 rings (SSSR count). The summed E-state index contributed by atoms with van der Waals surface area (Å²) in [7, 11) is 0. The number of aromatic nitrogens is 2. The Balaban J connectivity index is 1.23. The first kappa shape index (κ1) is 17.7. The molecule has 2 aromatic carbocycles. The fourth-order valence-corrected chi connectivity index (χ4v) is 3.71. The van der Waals surface area contributed by atoms with Gasteiger partial charge in [0.15, 0.2) is 11.5 Å². The lowest BCUT2D eigenvalue weighted by Gasteiger charge is -2.25. The summed E-state index contributed by atoms with van der Waals surface area (Å²) in [4.78, 5) is 6.39. The van der Waals surface area contributed by atoms with E-state index in [4.69, 9.17) is 14.2 Å². The molecular formula is C23H23N3O3. The average molecular weight is 389 g/mol. The SMILES string of the molecule is C1=CN(Cc2ccc3c(c2)OCO3)CC(Oc2ccc(-n3ccnc3)cc2)CC1. The number of imidazole rings is 1. The van der Waals surface area contributed by atoms with E-state index in [2.05, 4.69) is 46.4 Å². The zero-order valence-corrected chi connectivity index (χ0v) is 16.1. The third-order valence-electron chi connectivity index (χ3n) is 5.17. The number of benzene rings is 2. The molecule has 2 aliphatic rings. The molecule has 0 fully saturated rings. The van der Waals surface area contributed by atoms with Gasteiger partial charge >= 0.3 is 0 Å². The molecule has 0 aliphatic carbocycles. The van der Waals surface area contributed by atoms with Crippen LogP contribution < -0.4 is 14.2 Å². The Morgan fingerprint density at radius 3 is 2.83 bits per heavy atom. The van der Waals surface area contributed by atoms with Crippen molar-refractivity contribution in [3.05, 3.63) is 79.0 Å². The standard InChI is InChI=1S/C23H23N3O3/c1-2-11-25(14-18-4-9-22-23(13-18)28-17-27-22)15-21(3-1)29-20-7-5-19(6-8-20)26-12-10-24-16-26/h2,4-13,16,21H,1,3,14-15,17H2. The molecule has 0 N–H and O–H groups in total. The highest BCUT2D eigenvalue weighted by molar-refractivity contribution is 5.44. The predicted octanol–water partition coefficient (Wildman–Crippen LogP) is 4.16. The van der Waals surface area contributed by atoms with E-state index in [0.717, 1.165) is 48.9 Å². The van der Waals surface area contributed by atoms with Crippen LogP contribution in [-0.2, 0) is 6.54 Å². The van der Waals surface area contributed by atoms with Gasteiger partial charge in [0.25, 0.3) is 0 Å². The maximum Gasteiger partial charge on any atom is 0.231 e. The summed E-state index contributed by atoms with van der Waals surface area (Å²) in [5.41, 5.74) is 2.27. The molecule has 0 saturated carbocycles. The number of nitrogens with zero attached hydrogens (tertiary/aromatic N) is 3. The van der Waals surface area contributed by atoms with Crippen LogP contribution >= 0.6 is 0 Å². The Bertz CT molecular complexity index is 983. The minimum Gasteiger partial charge on any atom is -0.489 e. The van der Waals surface area contributed by atoms with E-state index in [1.807, 2.05) is 29.0 Å². The van der Waals surface area contributed by atoms with Gasteiger partial charge in [-0.25, -0.2) is 4.98 Å². The zero-order valence-electron chi connectivity index (χ0n) is 16.1. The van der Waals surface area contributed by atoms with E-state index >= 15 is 0 Å². The van der Waals surface area contributed by atoms with E-state index in [-0.39, 0.29) is 6.10 Å². The Hall–Kier alpha value is -3.41. The van der Waals surface area contributed by atoms with Crippen LogP contribution in [0, 0.1) is 0 Å². The Morgan fingerprint density at radius 1 is 1.07 bits per heavy atom. The number of allylic oxidation sites excluding steroid dienone is 1. The van der Waals surface area contributed by atoms with Gasteiger partial charge in [0.1, 0.15) is 11.9 Å². The quantitative estimate of drug-likeness (QED) is 0.656. The lowest BCUT2D eigenvalue weighted by molar-refractivity contribution is 0.152. The summed E-state index contributed by atoms with van der Waals surface area (Å²) in [6.45, 7) is 1.96. The average Bonchev–Trinajstić information content (AvgIpc) is 3.39. The minimum atomic E-state index is 0.137. The molecular weight excluding hydrogens is 366 g/mol. The lowest BCUT2D eigenvalue weighted by atomic mass is 10.1. The molecule has 0 spiro atoms. The van der Waals surface area contributed by atoms with Crippen molar-refractivity contribution < 1.29 is 14.2 Å². The van der Waals surface area contributed by atoms with Crippen LogP contribution in [0.15, 0.2) is 73.5 Å². The molecule has 6 nitrogen and oxygen atoms in total. The zero-order chi connectivity index (χ0) is 19.5. The lowest BCUT2D eigenvalue weighted by Crippen LogP contribution is -2.31. The summed E-state index contributed by atoms with van der Waals surface area (Å²) in [5, 5.41) is 0. The first-order valence-electron chi connectivity index (χ1n) is 9.88. The molecule has 0 bridgehead atoms. The second-order valence-electron chi connectivity index (χ2n) is 7.28. The molecule has 2 aliphatic heterocycles. The van der Waals surface area contributed by atoms with Crippen LogP contribution in [0.1, 0.15) is 18.4 Å². The molecule has 3 aromatic rings. The maximum absolute atomic E-state index is 6.30. The molecule has 148 valence electrons. The first-order valence-corrected chi connectivity index (χ1v) is 9.88. The van der Waals surface area contributed by atoms with E-state index in [9.17, 15) is 0 Å². The number of fused-ring (bicyclic) bond motifs is 1. The smallest absolute Gasteiger partial charge is 0.231 e. The second-order valence-corrected chi connectivity index (χ2v) is 7.28. The monoisotopic (exact) mass is 389 g/mol. The third-order valence-corrected chi connectivity index (χ3v) is 5.17. The van der Waals surface area contributed by atoms with Gasteiger partial charge in [-0.1, -0.05) is 12.1 Å². The fraction of sp³-hybridized carbons (Fsp3) is 0.261. The van der Waals surface area contributed by atoms with Crippen LogP contribution in [-0.4, -0.2) is 33.9 Å². The number of hydrogen-bond donors (Lipinski definition) is 0. The molecule has 1 unspecified atom stereocenters. The van der Waals surface area contributed by atoms with Crippen molar-refractivity contribution in [2.24, 2.45) is 0 Å². The number of ether oxygens (including phenoxy) is 3. The molecule has 0 radical (unpaired) electrons. The third kappa shape index (κ3) is 4.06. The van der Waals surface area contributed by atoms with Crippen LogP contribution in [0.25, 0.3) is 5.69 Å². The summed E-state index contributed by atoms with van der Waals surface area (Å²) < 4.78 is 19.2. The van der Waals surface area contributed by atoms with Gasteiger partial charge in [-0.15, -0.1) is 0 Å². The largest absolute Gasteiger partial charge is 0.489 e. The van der Waals surface area contributed by atoms with Crippen molar-refractivity contribution in [2.45, 2.75) is 25.5 Å².